The van der Waals surface area contributed by atoms with Gasteiger partial charge in [0.05, 0.1) is 22.7 Å². The normalized spacial score (nSPS) is 11.1. The number of ether oxygens (including phenoxy) is 1. The molecule has 0 saturated carbocycles. The summed E-state index contributed by atoms with van der Waals surface area (Å²) < 4.78 is 7.77. The Balaban J connectivity index is 2.44. The molecule has 0 amide bonds. The number of nitrogens with zero attached hydrogens (tertiary/aromatic N) is 3. The smallest absolute Gasteiger partial charge is 0.136 e. The van der Waals surface area contributed by atoms with Gasteiger partial charge in [0.1, 0.15) is 12.4 Å². The van der Waals surface area contributed by atoms with Gasteiger partial charge in [-0.2, -0.15) is 5.26 Å². The Kier molecular flexibility index (Phi) is 4.18. The summed E-state index contributed by atoms with van der Waals surface area (Å²) in [5.74, 6) is 0.925. The van der Waals surface area contributed by atoms with Crippen molar-refractivity contribution < 1.29 is 4.74 Å². The summed E-state index contributed by atoms with van der Waals surface area (Å²) in [4.78, 5) is 4.60. The predicted octanol–water partition coefficient (Wildman–Crippen LogP) is 3.42. The molecule has 2 rings (SSSR count). The van der Waals surface area contributed by atoms with Crippen LogP contribution in [-0.4, -0.2) is 16.2 Å². The van der Waals surface area contributed by atoms with Gasteiger partial charge in [-0.3, -0.25) is 0 Å². The molecule has 0 aliphatic heterocycles. The van der Waals surface area contributed by atoms with Crippen LogP contribution in [0.2, 0.25) is 0 Å². The third-order valence-electron chi connectivity index (χ3n) is 2.99. The molecule has 0 unspecified atom stereocenters. The van der Waals surface area contributed by atoms with Crippen LogP contribution in [0, 0.1) is 11.3 Å². The Morgan fingerprint density at radius 3 is 2.84 bits per heavy atom. The molecular formula is C15H19N3O. The van der Waals surface area contributed by atoms with Gasteiger partial charge in [0, 0.05) is 12.6 Å². The molecule has 0 aliphatic carbocycles. The van der Waals surface area contributed by atoms with E-state index in [9.17, 15) is 0 Å². The van der Waals surface area contributed by atoms with Gasteiger partial charge in [-0.1, -0.05) is 6.92 Å². The second-order valence-electron chi connectivity index (χ2n) is 4.86. The number of imidazole rings is 1. The number of hydrogen-bond acceptors (Lipinski definition) is 3. The Morgan fingerprint density at radius 2 is 2.21 bits per heavy atom. The van der Waals surface area contributed by atoms with E-state index in [0.29, 0.717) is 18.2 Å². The zero-order valence-electron chi connectivity index (χ0n) is 11.7. The second kappa shape index (κ2) is 5.85. The quantitative estimate of drug-likeness (QED) is 0.771. The van der Waals surface area contributed by atoms with Gasteiger partial charge in [0.15, 0.2) is 0 Å². The fraction of sp³-hybridized carbons (Fsp3) is 0.467. The first-order valence-electron chi connectivity index (χ1n) is 6.66. The minimum absolute atomic E-state index is 0.318. The van der Waals surface area contributed by atoms with E-state index in [4.69, 9.17) is 10.00 Å². The van der Waals surface area contributed by atoms with E-state index in [1.807, 2.05) is 18.2 Å². The van der Waals surface area contributed by atoms with Crippen LogP contribution in [0.15, 0.2) is 18.2 Å². The number of benzene rings is 1. The largest absolute Gasteiger partial charge is 0.374 e. The summed E-state index contributed by atoms with van der Waals surface area (Å²) in [5.41, 5.74) is 2.56. The highest BCUT2D eigenvalue weighted by Gasteiger charge is 2.13. The van der Waals surface area contributed by atoms with Gasteiger partial charge in [-0.05, 0) is 38.5 Å². The van der Waals surface area contributed by atoms with Crippen molar-refractivity contribution >= 4 is 11.0 Å². The molecule has 2 aromatic rings. The van der Waals surface area contributed by atoms with E-state index in [1.165, 1.54) is 0 Å². The van der Waals surface area contributed by atoms with Gasteiger partial charge in [-0.15, -0.1) is 0 Å². The molecule has 1 heterocycles. The fourth-order valence-corrected chi connectivity index (χ4v) is 2.20. The van der Waals surface area contributed by atoms with E-state index in [-0.39, 0.29) is 0 Å². The van der Waals surface area contributed by atoms with Crippen molar-refractivity contribution in [2.45, 2.75) is 39.8 Å². The molecule has 4 heteroatoms. The average Bonchev–Trinajstić information content (AvgIpc) is 2.76. The van der Waals surface area contributed by atoms with Gasteiger partial charge in [0.2, 0.25) is 0 Å². The number of fused-ring (bicyclic) bond motifs is 1. The van der Waals surface area contributed by atoms with Crippen molar-refractivity contribution in [2.75, 3.05) is 6.61 Å². The first-order valence-corrected chi connectivity index (χ1v) is 6.66. The summed E-state index contributed by atoms with van der Waals surface area (Å²) in [5, 5.41) is 8.95. The van der Waals surface area contributed by atoms with E-state index in [2.05, 4.69) is 36.4 Å². The monoisotopic (exact) mass is 257 g/mol. The summed E-state index contributed by atoms with van der Waals surface area (Å²) in [6, 6.07) is 8.09. The Bertz CT molecular complexity index is 608. The molecule has 0 saturated heterocycles. The van der Waals surface area contributed by atoms with Crippen LogP contribution >= 0.6 is 0 Å². The number of nitriles is 1. The fourth-order valence-electron chi connectivity index (χ4n) is 2.20. The predicted molar refractivity (Wildman–Crippen MR) is 74.8 cm³/mol. The molecular weight excluding hydrogens is 238 g/mol. The van der Waals surface area contributed by atoms with Crippen molar-refractivity contribution in [1.82, 2.24) is 9.55 Å². The van der Waals surface area contributed by atoms with E-state index in [1.54, 1.807) is 0 Å². The highest BCUT2D eigenvalue weighted by Crippen LogP contribution is 2.22. The third kappa shape index (κ3) is 2.77. The lowest BCUT2D eigenvalue weighted by Gasteiger charge is -2.13. The van der Waals surface area contributed by atoms with E-state index in [0.717, 1.165) is 29.9 Å². The van der Waals surface area contributed by atoms with Crippen LogP contribution in [0.4, 0.5) is 0 Å². The van der Waals surface area contributed by atoms with E-state index < -0.39 is 0 Å². The maximum Gasteiger partial charge on any atom is 0.136 e. The molecule has 1 aromatic heterocycles. The molecule has 1 aromatic carbocycles. The topological polar surface area (TPSA) is 50.8 Å². The van der Waals surface area contributed by atoms with Gasteiger partial charge >= 0.3 is 0 Å². The molecule has 0 bridgehead atoms. The van der Waals surface area contributed by atoms with Crippen molar-refractivity contribution in [2.24, 2.45) is 0 Å². The minimum atomic E-state index is 0.318. The zero-order chi connectivity index (χ0) is 13.8. The van der Waals surface area contributed by atoms with Crippen molar-refractivity contribution in [3.8, 4) is 6.07 Å². The molecule has 0 atom stereocenters. The molecule has 100 valence electrons. The highest BCUT2D eigenvalue weighted by atomic mass is 16.5. The number of hydrogen-bond donors (Lipinski definition) is 0. The lowest BCUT2D eigenvalue weighted by atomic mass is 10.2. The van der Waals surface area contributed by atoms with Crippen LogP contribution in [0.1, 0.15) is 44.6 Å². The Labute approximate surface area is 113 Å². The molecule has 19 heavy (non-hydrogen) atoms. The molecule has 0 aliphatic rings. The van der Waals surface area contributed by atoms with Gasteiger partial charge in [0.25, 0.3) is 0 Å². The molecule has 0 spiro atoms. The van der Waals surface area contributed by atoms with Crippen LogP contribution in [0.5, 0.6) is 0 Å². The summed E-state index contributed by atoms with van der Waals surface area (Å²) >= 11 is 0. The highest BCUT2D eigenvalue weighted by molar-refractivity contribution is 5.77. The summed E-state index contributed by atoms with van der Waals surface area (Å²) in [6.45, 7) is 7.60. The molecule has 4 nitrogen and oxygen atoms in total. The Morgan fingerprint density at radius 1 is 1.42 bits per heavy atom. The Hall–Kier alpha value is -1.86. The SMILES string of the molecule is CCCOCc1nc2cc(C#N)ccc2n1C(C)C. The van der Waals surface area contributed by atoms with Crippen LogP contribution in [-0.2, 0) is 11.3 Å². The minimum Gasteiger partial charge on any atom is -0.374 e. The third-order valence-corrected chi connectivity index (χ3v) is 2.99. The first-order chi connectivity index (χ1) is 9.17. The van der Waals surface area contributed by atoms with Crippen LogP contribution in [0.25, 0.3) is 11.0 Å². The summed E-state index contributed by atoms with van der Waals surface area (Å²) in [7, 11) is 0. The number of rotatable bonds is 5. The molecule has 0 radical (unpaired) electrons. The first kappa shape index (κ1) is 13.6. The lowest BCUT2D eigenvalue weighted by Crippen LogP contribution is -2.08. The van der Waals surface area contributed by atoms with Crippen molar-refractivity contribution in [3.63, 3.8) is 0 Å². The van der Waals surface area contributed by atoms with Crippen molar-refractivity contribution in [1.29, 1.82) is 5.26 Å². The van der Waals surface area contributed by atoms with E-state index >= 15 is 0 Å². The molecule has 0 fully saturated rings. The van der Waals surface area contributed by atoms with Crippen LogP contribution < -0.4 is 0 Å². The van der Waals surface area contributed by atoms with Gasteiger partial charge in [-0.25, -0.2) is 4.98 Å². The van der Waals surface area contributed by atoms with Crippen molar-refractivity contribution in [3.05, 3.63) is 29.6 Å². The summed E-state index contributed by atoms with van der Waals surface area (Å²) in [6.07, 6.45) is 1.00. The van der Waals surface area contributed by atoms with Crippen LogP contribution in [0.3, 0.4) is 0 Å². The second-order valence-corrected chi connectivity index (χ2v) is 4.86. The average molecular weight is 257 g/mol. The lowest BCUT2D eigenvalue weighted by molar-refractivity contribution is 0.113. The maximum absolute atomic E-state index is 8.95. The standard InChI is InChI=1S/C15H19N3O/c1-4-7-19-10-15-17-13-8-12(9-16)5-6-14(13)18(15)11(2)3/h5-6,8,11H,4,7,10H2,1-3H3. The molecule has 0 N–H and O–H groups in total. The zero-order valence-corrected chi connectivity index (χ0v) is 11.7. The maximum atomic E-state index is 8.95. The van der Waals surface area contributed by atoms with Gasteiger partial charge < -0.3 is 9.30 Å². The number of aromatic nitrogens is 2.